The van der Waals surface area contributed by atoms with Crippen molar-refractivity contribution in [1.82, 2.24) is 5.32 Å². The predicted molar refractivity (Wildman–Crippen MR) is 115 cm³/mol. The fraction of sp³-hybridized carbons (Fsp3) is 0.435. The molecule has 2 unspecified atom stereocenters. The van der Waals surface area contributed by atoms with Crippen molar-refractivity contribution in [3.05, 3.63) is 51.8 Å². The second kappa shape index (κ2) is 8.75. The number of allylic oxidation sites excluding steroid dienone is 3. The molecule has 0 spiro atoms. The topological polar surface area (TPSA) is 90.9 Å². The SMILES string of the molecule is COC(=O)COc1ccc(Cl)cc1C1C(C(=O)OC)=C(C)NC2=CC(C)(C)CC(=O)C21. The lowest BCUT2D eigenvalue weighted by Gasteiger charge is -2.41. The molecule has 1 aliphatic carbocycles. The molecule has 0 radical (unpaired) electrons. The van der Waals surface area contributed by atoms with E-state index >= 15 is 0 Å². The van der Waals surface area contributed by atoms with E-state index in [-0.39, 0.29) is 17.8 Å². The van der Waals surface area contributed by atoms with Crippen LogP contribution in [0.1, 0.15) is 38.7 Å². The molecule has 166 valence electrons. The number of Topliss-reactive ketones (excluding diaryl/α,β-unsaturated/α-hetero) is 1. The summed E-state index contributed by atoms with van der Waals surface area (Å²) in [6, 6.07) is 4.90. The van der Waals surface area contributed by atoms with E-state index in [4.69, 9.17) is 21.1 Å². The Morgan fingerprint density at radius 2 is 1.90 bits per heavy atom. The summed E-state index contributed by atoms with van der Waals surface area (Å²) in [4.78, 5) is 37.7. The number of hydrogen-bond donors (Lipinski definition) is 1. The lowest BCUT2D eigenvalue weighted by Crippen LogP contribution is -2.43. The quantitative estimate of drug-likeness (QED) is 0.690. The zero-order chi connectivity index (χ0) is 22.9. The number of nitrogens with one attached hydrogen (secondary N) is 1. The lowest BCUT2D eigenvalue weighted by molar-refractivity contribution is -0.143. The predicted octanol–water partition coefficient (Wildman–Crippen LogP) is 3.52. The smallest absolute Gasteiger partial charge is 0.343 e. The number of methoxy groups -OCH3 is 2. The largest absolute Gasteiger partial charge is 0.482 e. The third-order valence-electron chi connectivity index (χ3n) is 5.52. The standard InChI is InChI=1S/C23H26ClNO6/c1-12-19(22(28)30-5)20(21-15(25-12)9-23(2,3)10-16(21)26)14-8-13(24)6-7-17(14)31-11-18(27)29-4/h6-9,20-21,25H,10-11H2,1-5H3. The molecule has 0 aromatic heterocycles. The third kappa shape index (κ3) is 4.61. The van der Waals surface area contributed by atoms with Gasteiger partial charge >= 0.3 is 11.9 Å². The fourth-order valence-corrected chi connectivity index (χ4v) is 4.45. The highest BCUT2D eigenvalue weighted by Crippen LogP contribution is 2.49. The Balaban J connectivity index is 2.21. The van der Waals surface area contributed by atoms with Gasteiger partial charge in [0.25, 0.3) is 0 Å². The molecule has 3 rings (SSSR count). The zero-order valence-corrected chi connectivity index (χ0v) is 19.0. The van der Waals surface area contributed by atoms with Crippen LogP contribution in [0.2, 0.25) is 5.02 Å². The maximum Gasteiger partial charge on any atom is 0.343 e. The molecule has 1 N–H and O–H groups in total. The molecule has 7 nitrogen and oxygen atoms in total. The Morgan fingerprint density at radius 3 is 2.55 bits per heavy atom. The Labute approximate surface area is 186 Å². The van der Waals surface area contributed by atoms with Crippen LogP contribution in [-0.2, 0) is 23.9 Å². The molecule has 1 aromatic rings. The second-order valence-electron chi connectivity index (χ2n) is 8.39. The van der Waals surface area contributed by atoms with Gasteiger partial charge in [-0.3, -0.25) is 4.79 Å². The van der Waals surface area contributed by atoms with E-state index in [1.165, 1.54) is 14.2 Å². The van der Waals surface area contributed by atoms with Crippen LogP contribution in [-0.4, -0.2) is 38.5 Å². The van der Waals surface area contributed by atoms with Gasteiger partial charge in [0.15, 0.2) is 6.61 Å². The number of ketones is 1. The third-order valence-corrected chi connectivity index (χ3v) is 5.76. The van der Waals surface area contributed by atoms with Crippen molar-refractivity contribution in [1.29, 1.82) is 0 Å². The molecule has 0 fully saturated rings. The molecule has 2 atom stereocenters. The van der Waals surface area contributed by atoms with Crippen LogP contribution in [0.4, 0.5) is 0 Å². The number of carbonyl (C=O) groups excluding carboxylic acids is 3. The number of rotatable bonds is 5. The van der Waals surface area contributed by atoms with Crippen LogP contribution in [0.5, 0.6) is 5.75 Å². The first-order chi connectivity index (χ1) is 14.6. The van der Waals surface area contributed by atoms with Gasteiger partial charge in [0.05, 0.1) is 25.7 Å². The highest BCUT2D eigenvalue weighted by atomic mass is 35.5. The van der Waals surface area contributed by atoms with Crippen LogP contribution in [0.25, 0.3) is 0 Å². The van der Waals surface area contributed by atoms with Gasteiger partial charge in [-0.2, -0.15) is 0 Å². The molecule has 1 aliphatic heterocycles. The molecule has 1 aromatic carbocycles. The minimum atomic E-state index is -0.685. The second-order valence-corrected chi connectivity index (χ2v) is 8.83. The first-order valence-corrected chi connectivity index (χ1v) is 10.3. The highest BCUT2D eigenvalue weighted by molar-refractivity contribution is 6.30. The fourth-order valence-electron chi connectivity index (χ4n) is 4.27. The molecule has 0 saturated carbocycles. The number of carbonyl (C=O) groups is 3. The summed E-state index contributed by atoms with van der Waals surface area (Å²) in [5.74, 6) is -2.09. The Kier molecular flexibility index (Phi) is 6.46. The average molecular weight is 448 g/mol. The average Bonchev–Trinajstić information content (AvgIpc) is 2.69. The summed E-state index contributed by atoms with van der Waals surface area (Å²) in [6.07, 6.45) is 2.36. The maximum atomic E-state index is 13.3. The molecule has 0 amide bonds. The Bertz CT molecular complexity index is 994. The summed E-state index contributed by atoms with van der Waals surface area (Å²) >= 11 is 6.29. The van der Waals surface area contributed by atoms with Crippen LogP contribution in [0, 0.1) is 11.3 Å². The number of benzene rings is 1. The van der Waals surface area contributed by atoms with Gasteiger partial charge < -0.3 is 19.5 Å². The van der Waals surface area contributed by atoms with E-state index in [1.54, 1.807) is 25.1 Å². The van der Waals surface area contributed by atoms with Gasteiger partial charge in [-0.25, -0.2) is 9.59 Å². The van der Waals surface area contributed by atoms with Crippen molar-refractivity contribution in [2.75, 3.05) is 20.8 Å². The molecule has 8 heteroatoms. The minimum Gasteiger partial charge on any atom is -0.482 e. The van der Waals surface area contributed by atoms with Gasteiger partial charge in [0.1, 0.15) is 11.5 Å². The number of ether oxygens (including phenoxy) is 3. The van der Waals surface area contributed by atoms with Crippen molar-refractivity contribution in [2.45, 2.75) is 33.1 Å². The number of fused-ring (bicyclic) bond motifs is 1. The molecule has 2 aliphatic rings. The van der Waals surface area contributed by atoms with Gasteiger partial charge in [-0.15, -0.1) is 0 Å². The Morgan fingerprint density at radius 1 is 1.19 bits per heavy atom. The van der Waals surface area contributed by atoms with Crippen molar-refractivity contribution in [3.63, 3.8) is 0 Å². The first-order valence-electron chi connectivity index (χ1n) is 9.88. The molecule has 0 saturated heterocycles. The molecule has 31 heavy (non-hydrogen) atoms. The van der Waals surface area contributed by atoms with E-state index in [9.17, 15) is 14.4 Å². The highest BCUT2D eigenvalue weighted by Gasteiger charge is 2.47. The number of halogens is 1. The molecular formula is C23H26ClNO6. The van der Waals surface area contributed by atoms with Crippen molar-refractivity contribution < 1.29 is 28.6 Å². The minimum absolute atomic E-state index is 0.00667. The van der Waals surface area contributed by atoms with Gasteiger partial charge in [0, 0.05) is 34.3 Å². The van der Waals surface area contributed by atoms with Gasteiger partial charge in [0.2, 0.25) is 0 Å². The van der Waals surface area contributed by atoms with Crippen molar-refractivity contribution in [2.24, 2.45) is 11.3 Å². The van der Waals surface area contributed by atoms with Crippen LogP contribution < -0.4 is 10.1 Å². The van der Waals surface area contributed by atoms with Crippen LogP contribution in [0.3, 0.4) is 0 Å². The molecular weight excluding hydrogens is 422 g/mol. The summed E-state index contributed by atoms with van der Waals surface area (Å²) in [5.41, 5.74) is 1.85. The van der Waals surface area contributed by atoms with E-state index in [1.807, 2.05) is 19.9 Å². The number of esters is 2. The van der Waals surface area contributed by atoms with E-state index in [2.05, 4.69) is 10.1 Å². The van der Waals surface area contributed by atoms with Crippen molar-refractivity contribution >= 4 is 29.3 Å². The number of hydrogen-bond acceptors (Lipinski definition) is 7. The normalized spacial score (nSPS) is 22.1. The summed E-state index contributed by atoms with van der Waals surface area (Å²) in [5, 5.41) is 3.65. The summed E-state index contributed by atoms with van der Waals surface area (Å²) in [6.45, 7) is 5.43. The van der Waals surface area contributed by atoms with E-state index in [0.29, 0.717) is 34.0 Å². The van der Waals surface area contributed by atoms with E-state index < -0.39 is 23.8 Å². The maximum absolute atomic E-state index is 13.3. The zero-order valence-electron chi connectivity index (χ0n) is 18.2. The summed E-state index contributed by atoms with van der Waals surface area (Å²) in [7, 11) is 2.56. The van der Waals surface area contributed by atoms with E-state index in [0.717, 1.165) is 5.70 Å². The monoisotopic (exact) mass is 447 g/mol. The van der Waals surface area contributed by atoms with Crippen molar-refractivity contribution in [3.8, 4) is 5.75 Å². The first kappa shape index (κ1) is 22.9. The van der Waals surface area contributed by atoms with Gasteiger partial charge in [-0.1, -0.05) is 31.5 Å². The lowest BCUT2D eigenvalue weighted by atomic mass is 9.66. The van der Waals surface area contributed by atoms with Gasteiger partial charge in [-0.05, 0) is 30.5 Å². The molecule has 1 heterocycles. The Hall–Kier alpha value is -2.80. The molecule has 0 bridgehead atoms. The van der Waals surface area contributed by atoms with Crippen LogP contribution in [0.15, 0.2) is 41.2 Å². The van der Waals surface area contributed by atoms with Crippen LogP contribution >= 0.6 is 11.6 Å². The summed E-state index contributed by atoms with van der Waals surface area (Å²) < 4.78 is 15.4.